The molecule has 78 heavy (non-hydrogen) atoms. The van der Waals surface area contributed by atoms with E-state index >= 15 is 0 Å². The minimum Gasteiger partial charge on any atom is -0.494 e. The third-order valence-electron chi connectivity index (χ3n) is 15.5. The number of benzene rings is 4. The first-order valence-electron chi connectivity index (χ1n) is 31.2. The Morgan fingerprint density at radius 3 is 0.949 bits per heavy atom. The van der Waals surface area contributed by atoms with Gasteiger partial charge < -0.3 is 28.1 Å². The van der Waals surface area contributed by atoms with Gasteiger partial charge in [0, 0.05) is 13.1 Å². The van der Waals surface area contributed by atoms with Crippen LogP contribution in [0.4, 0.5) is 0 Å². The van der Waals surface area contributed by atoms with Gasteiger partial charge in [-0.2, -0.15) is 0 Å². The summed E-state index contributed by atoms with van der Waals surface area (Å²) < 4.78 is 29.1. The number of imidazole rings is 2. The second-order valence-electron chi connectivity index (χ2n) is 21.8. The molecular formula is C69H97N5O4. The zero-order valence-corrected chi connectivity index (χ0v) is 48.7. The van der Waals surface area contributed by atoms with Crippen LogP contribution in [-0.2, 0) is 26.3 Å². The smallest absolute Gasteiger partial charge is 0.159 e. The first kappa shape index (κ1) is 59.8. The van der Waals surface area contributed by atoms with Gasteiger partial charge in [-0.25, -0.2) is 15.0 Å². The molecule has 9 nitrogen and oxygen atoms in total. The van der Waals surface area contributed by atoms with E-state index in [2.05, 4.69) is 79.3 Å². The molecule has 0 fully saturated rings. The molecule has 0 N–H and O–H groups in total. The maximum absolute atomic E-state index is 6.25. The van der Waals surface area contributed by atoms with Crippen LogP contribution in [-0.4, -0.2) is 37.3 Å². The molecule has 0 unspecified atom stereocenters. The molecular weight excluding hydrogens is 963 g/mol. The molecule has 0 radical (unpaired) electrons. The predicted octanol–water partition coefficient (Wildman–Crippen LogP) is 20.0. The Hall–Kier alpha value is -5.83. The lowest BCUT2D eigenvalue weighted by Gasteiger charge is -2.10. The van der Waals surface area contributed by atoms with Gasteiger partial charge in [-0.1, -0.05) is 199 Å². The third-order valence-corrected chi connectivity index (χ3v) is 15.5. The fourth-order valence-corrected chi connectivity index (χ4v) is 10.8. The van der Waals surface area contributed by atoms with Gasteiger partial charge in [0.15, 0.2) is 11.6 Å². The number of pyridine rings is 1. The van der Waals surface area contributed by atoms with Gasteiger partial charge in [-0.15, -0.1) is 0 Å². The van der Waals surface area contributed by atoms with Gasteiger partial charge in [-0.3, -0.25) is 0 Å². The van der Waals surface area contributed by atoms with E-state index in [1.807, 2.05) is 60.7 Å². The standard InChI is InChI=1S/C69H97N5O4/c1-5-9-11-13-15-17-19-21-23-25-27-29-31-33-50-75-58-40-44-60(45-41-58)77-54-56-38-48-66-64(52-56)71-68(73(66)7-3)62-36-35-37-63(70-62)69-72-65-53-57(39-49-67(65)74(69)8-4)55-78-61-46-42-59(43-47-61)76-51-34-32-30-28-26-24-22-20-18-16-14-12-10-6-2/h35-49,52-53H,5-34,50-51,54-55H2,1-4H3. The summed E-state index contributed by atoms with van der Waals surface area (Å²) >= 11 is 0. The van der Waals surface area contributed by atoms with Crippen LogP contribution in [0.1, 0.15) is 219 Å². The highest BCUT2D eigenvalue weighted by Crippen LogP contribution is 2.30. The maximum atomic E-state index is 6.25. The second kappa shape index (κ2) is 34.9. The van der Waals surface area contributed by atoms with Gasteiger partial charge in [0.1, 0.15) is 47.6 Å². The summed E-state index contributed by atoms with van der Waals surface area (Å²) in [7, 11) is 0. The summed E-state index contributed by atoms with van der Waals surface area (Å²) in [4.78, 5) is 15.5. The summed E-state index contributed by atoms with van der Waals surface area (Å²) in [5, 5.41) is 0. The molecule has 0 bridgehead atoms. The molecule has 3 aromatic heterocycles. The van der Waals surface area contributed by atoms with Crippen molar-refractivity contribution in [1.82, 2.24) is 24.1 Å². The molecule has 3 heterocycles. The van der Waals surface area contributed by atoms with Crippen molar-refractivity contribution >= 4 is 22.1 Å². The van der Waals surface area contributed by atoms with Crippen molar-refractivity contribution in [3.8, 4) is 46.0 Å². The number of rotatable bonds is 42. The van der Waals surface area contributed by atoms with E-state index in [1.54, 1.807) is 0 Å². The Kier molecular flexibility index (Phi) is 26.8. The highest BCUT2D eigenvalue weighted by Gasteiger charge is 2.18. The summed E-state index contributed by atoms with van der Waals surface area (Å²) in [6, 6.07) is 35.0. The number of aromatic nitrogens is 5. The van der Waals surface area contributed by atoms with E-state index in [4.69, 9.17) is 33.9 Å². The highest BCUT2D eigenvalue weighted by molar-refractivity contribution is 5.83. The molecule has 0 amide bonds. The first-order valence-corrected chi connectivity index (χ1v) is 31.2. The van der Waals surface area contributed by atoms with E-state index in [9.17, 15) is 0 Å². The molecule has 4 aromatic carbocycles. The number of fused-ring (bicyclic) bond motifs is 2. The number of unbranched alkanes of at least 4 members (excludes halogenated alkanes) is 26. The van der Waals surface area contributed by atoms with Crippen LogP contribution >= 0.6 is 0 Å². The number of ether oxygens (including phenoxy) is 4. The molecule has 9 heteroatoms. The van der Waals surface area contributed by atoms with Crippen molar-refractivity contribution in [2.24, 2.45) is 0 Å². The van der Waals surface area contributed by atoms with Gasteiger partial charge in [0.25, 0.3) is 0 Å². The second-order valence-corrected chi connectivity index (χ2v) is 21.8. The number of hydrogen-bond donors (Lipinski definition) is 0. The van der Waals surface area contributed by atoms with Crippen LogP contribution in [0.25, 0.3) is 45.1 Å². The van der Waals surface area contributed by atoms with Gasteiger partial charge in [0.2, 0.25) is 0 Å². The fraction of sp³-hybridized carbons (Fsp3) is 0.551. The van der Waals surface area contributed by atoms with Crippen LogP contribution in [0.15, 0.2) is 103 Å². The fourth-order valence-electron chi connectivity index (χ4n) is 10.8. The van der Waals surface area contributed by atoms with Crippen LogP contribution in [0.3, 0.4) is 0 Å². The van der Waals surface area contributed by atoms with E-state index in [1.165, 1.54) is 167 Å². The van der Waals surface area contributed by atoms with Crippen LogP contribution in [0.2, 0.25) is 0 Å². The lowest BCUT2D eigenvalue weighted by molar-refractivity contribution is 0.296. The number of aryl methyl sites for hydroxylation is 2. The molecule has 7 rings (SSSR count). The quantitative estimate of drug-likeness (QED) is 0.0353. The molecule has 422 valence electrons. The zero-order chi connectivity index (χ0) is 54.2. The molecule has 0 spiro atoms. The van der Waals surface area contributed by atoms with E-state index in [0.717, 1.165) is 118 Å². The maximum Gasteiger partial charge on any atom is 0.159 e. The summed E-state index contributed by atoms with van der Waals surface area (Å²) in [6.07, 6.45) is 38.0. The minimum absolute atomic E-state index is 0.445. The van der Waals surface area contributed by atoms with Crippen molar-refractivity contribution < 1.29 is 18.9 Å². The Morgan fingerprint density at radius 2 is 0.628 bits per heavy atom. The monoisotopic (exact) mass is 1060 g/mol. The number of hydrogen-bond acceptors (Lipinski definition) is 7. The van der Waals surface area contributed by atoms with Crippen molar-refractivity contribution in [2.75, 3.05) is 13.2 Å². The van der Waals surface area contributed by atoms with Gasteiger partial charge in [-0.05, 0) is 123 Å². The molecule has 0 atom stereocenters. The molecule has 0 aliphatic carbocycles. The lowest BCUT2D eigenvalue weighted by Crippen LogP contribution is -2.02. The van der Waals surface area contributed by atoms with Gasteiger partial charge >= 0.3 is 0 Å². The van der Waals surface area contributed by atoms with Crippen molar-refractivity contribution in [1.29, 1.82) is 0 Å². The molecule has 7 aromatic rings. The van der Waals surface area contributed by atoms with E-state index in [-0.39, 0.29) is 0 Å². The third kappa shape index (κ3) is 19.8. The number of nitrogens with zero attached hydrogens (tertiary/aromatic N) is 5. The largest absolute Gasteiger partial charge is 0.494 e. The average molecular weight is 1060 g/mol. The average Bonchev–Trinajstić information content (AvgIpc) is 4.08. The van der Waals surface area contributed by atoms with E-state index in [0.29, 0.717) is 13.2 Å². The normalized spacial score (nSPS) is 11.5. The Bertz CT molecular complexity index is 2540. The van der Waals surface area contributed by atoms with Crippen molar-refractivity contribution in [3.05, 3.63) is 114 Å². The lowest BCUT2D eigenvalue weighted by atomic mass is 10.0. The molecule has 0 aliphatic rings. The van der Waals surface area contributed by atoms with Crippen LogP contribution < -0.4 is 18.9 Å². The Balaban J connectivity index is 0.828. The molecule has 0 aliphatic heterocycles. The van der Waals surface area contributed by atoms with Gasteiger partial charge in [0.05, 0.1) is 35.3 Å². The summed E-state index contributed by atoms with van der Waals surface area (Å²) in [5.74, 6) is 5.09. The first-order chi connectivity index (χ1) is 38.6. The van der Waals surface area contributed by atoms with Crippen LogP contribution in [0.5, 0.6) is 23.0 Å². The topological polar surface area (TPSA) is 85.4 Å². The molecule has 0 saturated carbocycles. The van der Waals surface area contributed by atoms with Crippen molar-refractivity contribution in [3.63, 3.8) is 0 Å². The Labute approximate surface area is 470 Å². The molecule has 0 saturated heterocycles. The van der Waals surface area contributed by atoms with Crippen molar-refractivity contribution in [2.45, 2.75) is 234 Å². The SMILES string of the molecule is CCCCCCCCCCCCCCCCOc1ccc(OCc2ccc3c(c2)nc(-c2cccc(-c4nc5cc(COc6ccc(OCCCCCCCCCCCCCCCC)cc6)ccc5n4CC)n2)n3CC)cc1. The Morgan fingerprint density at radius 1 is 0.321 bits per heavy atom. The summed E-state index contributed by atoms with van der Waals surface area (Å²) in [5.41, 5.74) is 7.71. The highest BCUT2D eigenvalue weighted by atomic mass is 16.5. The minimum atomic E-state index is 0.445. The predicted molar refractivity (Wildman–Crippen MR) is 326 cm³/mol. The summed E-state index contributed by atoms with van der Waals surface area (Å²) in [6.45, 7) is 12.8. The van der Waals surface area contributed by atoms with Crippen LogP contribution in [0, 0.1) is 0 Å². The zero-order valence-electron chi connectivity index (χ0n) is 48.7. The van der Waals surface area contributed by atoms with E-state index < -0.39 is 0 Å².